The average molecular weight is 375 g/mol. The van der Waals surface area contributed by atoms with Crippen LogP contribution in [0.5, 0.6) is 0 Å². The number of piperazine rings is 1. The Morgan fingerprint density at radius 2 is 2.04 bits per heavy atom. The Balaban J connectivity index is 1.63. The summed E-state index contributed by atoms with van der Waals surface area (Å²) < 4.78 is 5.72. The molecule has 0 unspecified atom stereocenters. The molecule has 0 aliphatic carbocycles. The zero-order valence-corrected chi connectivity index (χ0v) is 16.1. The number of anilines is 1. The maximum absolute atomic E-state index is 6.63. The summed E-state index contributed by atoms with van der Waals surface area (Å²) in [6, 6.07) is 8.32. The minimum atomic E-state index is 0.328. The Morgan fingerprint density at radius 1 is 1.23 bits per heavy atom. The fraction of sp³-hybridized carbons (Fsp3) is 0.550. The minimum absolute atomic E-state index is 0.328. The van der Waals surface area contributed by atoms with E-state index in [4.69, 9.17) is 16.3 Å². The summed E-state index contributed by atoms with van der Waals surface area (Å²) in [5.41, 5.74) is 3.32. The first-order valence-electron chi connectivity index (χ1n) is 9.55. The average Bonchev–Trinajstić information content (AvgIpc) is 3.16. The first kappa shape index (κ1) is 18.0. The Bertz CT molecular complexity index is 755. The Hall–Kier alpha value is -1.40. The summed E-state index contributed by atoms with van der Waals surface area (Å²) in [6.07, 6.45) is 2.63. The maximum atomic E-state index is 6.63. The van der Waals surface area contributed by atoms with E-state index in [0.29, 0.717) is 11.3 Å². The number of rotatable bonds is 5. The number of benzene rings is 1. The van der Waals surface area contributed by atoms with Gasteiger partial charge < -0.3 is 19.9 Å². The number of fused-ring (bicyclic) bond motifs is 1. The molecule has 2 aliphatic rings. The van der Waals surface area contributed by atoms with Crippen LogP contribution < -0.4 is 10.2 Å². The second-order valence-corrected chi connectivity index (χ2v) is 7.66. The molecule has 0 radical (unpaired) electrons. The maximum Gasteiger partial charge on any atom is 0.136 e. The zero-order chi connectivity index (χ0) is 17.9. The lowest BCUT2D eigenvalue weighted by Crippen LogP contribution is -2.45. The van der Waals surface area contributed by atoms with Crippen molar-refractivity contribution < 1.29 is 4.74 Å². The van der Waals surface area contributed by atoms with Crippen molar-refractivity contribution >= 4 is 28.2 Å². The quantitative estimate of drug-likeness (QED) is 0.815. The van der Waals surface area contributed by atoms with Crippen LogP contribution in [0.15, 0.2) is 24.3 Å². The first-order valence-corrected chi connectivity index (χ1v) is 9.93. The summed E-state index contributed by atoms with van der Waals surface area (Å²) >= 11 is 6.63. The second kappa shape index (κ2) is 8.09. The number of nitrogens with zero attached hydrogens (tertiary/aromatic N) is 3. The molecule has 0 spiro atoms. The lowest BCUT2D eigenvalue weighted by Gasteiger charge is -2.36. The van der Waals surface area contributed by atoms with Crippen LogP contribution in [0.2, 0.25) is 5.15 Å². The van der Waals surface area contributed by atoms with E-state index in [1.165, 1.54) is 11.1 Å². The second-order valence-electron chi connectivity index (χ2n) is 7.30. The highest BCUT2D eigenvalue weighted by molar-refractivity contribution is 6.31. The monoisotopic (exact) mass is 374 g/mol. The van der Waals surface area contributed by atoms with Crippen LogP contribution in [0.3, 0.4) is 0 Å². The molecule has 3 heterocycles. The van der Waals surface area contributed by atoms with Gasteiger partial charge >= 0.3 is 0 Å². The molecule has 4 rings (SSSR count). The van der Waals surface area contributed by atoms with E-state index in [1.54, 1.807) is 0 Å². The number of ether oxygens (including phenoxy) is 1. The molecule has 1 aromatic heterocycles. The molecule has 5 nitrogen and oxygen atoms in total. The normalized spacial score (nSPS) is 21.6. The van der Waals surface area contributed by atoms with Crippen molar-refractivity contribution in [3.05, 3.63) is 35.0 Å². The summed E-state index contributed by atoms with van der Waals surface area (Å²) in [5, 5.41) is 5.35. The number of likely N-dealkylation sites (N-methyl/N-ethyl adjacent to an activating group) is 1. The highest BCUT2D eigenvalue weighted by Gasteiger charge is 2.23. The zero-order valence-electron chi connectivity index (χ0n) is 15.4. The SMILES string of the molecule is CN1CCN(c2c(CNC[C@H]3CCCO3)c(Cl)nc3ccccc23)CC1. The van der Waals surface area contributed by atoms with Gasteiger partial charge in [-0.2, -0.15) is 0 Å². The fourth-order valence-corrected chi connectivity index (χ4v) is 4.16. The number of hydrogen-bond donors (Lipinski definition) is 1. The highest BCUT2D eigenvalue weighted by Crippen LogP contribution is 2.34. The van der Waals surface area contributed by atoms with E-state index in [0.717, 1.165) is 69.8 Å². The van der Waals surface area contributed by atoms with Gasteiger partial charge in [-0.25, -0.2) is 4.98 Å². The molecule has 2 aromatic rings. The van der Waals surface area contributed by atoms with E-state index < -0.39 is 0 Å². The molecule has 2 saturated heterocycles. The molecule has 0 saturated carbocycles. The Kier molecular flexibility index (Phi) is 5.60. The molecule has 0 bridgehead atoms. The van der Waals surface area contributed by atoms with Crippen molar-refractivity contribution in [2.24, 2.45) is 0 Å². The fourth-order valence-electron chi connectivity index (χ4n) is 3.92. The molecule has 0 amide bonds. The largest absolute Gasteiger partial charge is 0.377 e. The third kappa shape index (κ3) is 3.81. The lowest BCUT2D eigenvalue weighted by atomic mass is 10.1. The molecule has 1 N–H and O–H groups in total. The summed E-state index contributed by atoms with van der Waals surface area (Å²) in [4.78, 5) is 9.50. The van der Waals surface area contributed by atoms with Gasteiger partial charge in [0.2, 0.25) is 0 Å². The van der Waals surface area contributed by atoms with Crippen LogP contribution in [0, 0.1) is 0 Å². The molecule has 26 heavy (non-hydrogen) atoms. The van der Waals surface area contributed by atoms with E-state index in [1.807, 2.05) is 12.1 Å². The topological polar surface area (TPSA) is 40.6 Å². The van der Waals surface area contributed by atoms with Gasteiger partial charge in [0.1, 0.15) is 5.15 Å². The molecule has 1 aromatic carbocycles. The van der Waals surface area contributed by atoms with Crippen LogP contribution in [0.1, 0.15) is 18.4 Å². The Morgan fingerprint density at radius 3 is 2.81 bits per heavy atom. The first-order chi connectivity index (χ1) is 12.7. The standard InChI is InChI=1S/C20H27ClN4O/c1-24-8-10-25(11-9-24)19-16-6-2-3-7-18(16)23-20(21)17(19)14-22-13-15-5-4-12-26-15/h2-3,6-7,15,22H,4-5,8-14H2,1H3/t15-/m1/s1. The van der Waals surface area contributed by atoms with Crippen LogP contribution in [0.4, 0.5) is 5.69 Å². The number of aromatic nitrogens is 1. The summed E-state index contributed by atoms with van der Waals surface area (Å²) in [7, 11) is 2.18. The van der Waals surface area contributed by atoms with Crippen molar-refractivity contribution in [2.75, 3.05) is 51.3 Å². The van der Waals surface area contributed by atoms with Crippen molar-refractivity contribution in [1.82, 2.24) is 15.2 Å². The van der Waals surface area contributed by atoms with Crippen molar-refractivity contribution in [2.45, 2.75) is 25.5 Å². The minimum Gasteiger partial charge on any atom is -0.377 e. The summed E-state index contributed by atoms with van der Waals surface area (Å²) in [6.45, 7) is 6.63. The van der Waals surface area contributed by atoms with Crippen molar-refractivity contribution in [3.8, 4) is 0 Å². The van der Waals surface area contributed by atoms with Gasteiger partial charge in [0.05, 0.1) is 17.3 Å². The van der Waals surface area contributed by atoms with Gasteiger partial charge in [-0.15, -0.1) is 0 Å². The van der Waals surface area contributed by atoms with Gasteiger partial charge in [-0.3, -0.25) is 0 Å². The molecule has 6 heteroatoms. The molecular weight excluding hydrogens is 348 g/mol. The molecule has 2 fully saturated rings. The van der Waals surface area contributed by atoms with E-state index in [2.05, 4.69) is 39.3 Å². The smallest absolute Gasteiger partial charge is 0.136 e. The number of pyridine rings is 1. The van der Waals surface area contributed by atoms with Crippen molar-refractivity contribution in [3.63, 3.8) is 0 Å². The van der Waals surface area contributed by atoms with E-state index in [-0.39, 0.29) is 0 Å². The molecular formula is C20H27ClN4O. The van der Waals surface area contributed by atoms with Gasteiger partial charge in [-0.05, 0) is 26.0 Å². The van der Waals surface area contributed by atoms with E-state index in [9.17, 15) is 0 Å². The van der Waals surface area contributed by atoms with Gasteiger partial charge in [0.15, 0.2) is 0 Å². The van der Waals surface area contributed by atoms with Crippen molar-refractivity contribution in [1.29, 1.82) is 0 Å². The van der Waals surface area contributed by atoms with E-state index >= 15 is 0 Å². The highest BCUT2D eigenvalue weighted by atomic mass is 35.5. The van der Waals surface area contributed by atoms with Gasteiger partial charge in [0, 0.05) is 56.8 Å². The van der Waals surface area contributed by atoms with Gasteiger partial charge in [-0.1, -0.05) is 29.8 Å². The third-order valence-electron chi connectivity index (χ3n) is 5.43. The lowest BCUT2D eigenvalue weighted by molar-refractivity contribution is 0.110. The predicted octanol–water partition coefficient (Wildman–Crippen LogP) is 2.91. The molecule has 1 atom stereocenters. The molecule has 140 valence electrons. The van der Waals surface area contributed by atoms with Gasteiger partial charge in [0.25, 0.3) is 0 Å². The predicted molar refractivity (Wildman–Crippen MR) is 107 cm³/mol. The number of hydrogen-bond acceptors (Lipinski definition) is 5. The molecule has 2 aliphatic heterocycles. The summed E-state index contributed by atoms with van der Waals surface area (Å²) in [5.74, 6) is 0. The third-order valence-corrected chi connectivity index (χ3v) is 5.74. The number of para-hydroxylation sites is 1. The van der Waals surface area contributed by atoms with Crippen LogP contribution >= 0.6 is 11.6 Å². The van der Waals surface area contributed by atoms with Crippen LogP contribution in [0.25, 0.3) is 10.9 Å². The number of halogens is 1. The van der Waals surface area contributed by atoms with Crippen LogP contribution in [-0.2, 0) is 11.3 Å². The number of nitrogens with one attached hydrogen (secondary N) is 1. The Labute approximate surface area is 160 Å². The van der Waals surface area contributed by atoms with Crippen LogP contribution in [-0.4, -0.2) is 62.4 Å².